The number of carbonyl (C=O) groups is 1. The molecular formula is C18H20N2O2. The number of hydrogen-bond donors (Lipinski definition) is 1. The fraction of sp³-hybridized carbons (Fsp3) is 0.222. The highest BCUT2D eigenvalue weighted by atomic mass is 16.5. The lowest BCUT2D eigenvalue weighted by Gasteiger charge is -2.06. The van der Waals surface area contributed by atoms with Gasteiger partial charge in [-0.1, -0.05) is 18.2 Å². The number of hydrazone groups is 1. The lowest BCUT2D eigenvalue weighted by molar-refractivity contribution is 0.0954. The Morgan fingerprint density at radius 2 is 1.82 bits per heavy atom. The number of rotatable bonds is 5. The maximum absolute atomic E-state index is 12.1. The first-order valence-corrected chi connectivity index (χ1v) is 7.25. The van der Waals surface area contributed by atoms with Crippen molar-refractivity contribution in [3.63, 3.8) is 0 Å². The van der Waals surface area contributed by atoms with Gasteiger partial charge in [0.25, 0.3) is 5.91 Å². The minimum absolute atomic E-state index is 0.205. The van der Waals surface area contributed by atoms with Crippen molar-refractivity contribution in [1.29, 1.82) is 0 Å². The first-order chi connectivity index (χ1) is 10.6. The first-order valence-electron chi connectivity index (χ1n) is 7.25. The van der Waals surface area contributed by atoms with E-state index in [1.54, 1.807) is 6.07 Å². The molecule has 114 valence electrons. The summed E-state index contributed by atoms with van der Waals surface area (Å²) in [4.78, 5) is 12.1. The summed E-state index contributed by atoms with van der Waals surface area (Å²) in [7, 11) is 0. The summed E-state index contributed by atoms with van der Waals surface area (Å²) in [6.07, 6.45) is 0. The molecule has 0 radical (unpaired) electrons. The van der Waals surface area contributed by atoms with Crippen molar-refractivity contribution >= 4 is 11.6 Å². The molecule has 1 amide bonds. The molecule has 0 aliphatic carbocycles. The molecule has 0 aliphatic rings. The van der Waals surface area contributed by atoms with E-state index in [0.717, 1.165) is 22.6 Å². The molecular weight excluding hydrogens is 276 g/mol. The monoisotopic (exact) mass is 296 g/mol. The van der Waals surface area contributed by atoms with E-state index in [2.05, 4.69) is 10.5 Å². The zero-order valence-corrected chi connectivity index (χ0v) is 13.1. The van der Waals surface area contributed by atoms with E-state index in [9.17, 15) is 4.79 Å². The lowest BCUT2D eigenvalue weighted by atomic mass is 10.1. The summed E-state index contributed by atoms with van der Waals surface area (Å²) in [5.41, 5.74) is 5.83. The molecule has 0 saturated heterocycles. The fourth-order valence-corrected chi connectivity index (χ4v) is 2.05. The second kappa shape index (κ2) is 7.41. The zero-order valence-electron chi connectivity index (χ0n) is 13.1. The molecule has 0 saturated carbocycles. The van der Waals surface area contributed by atoms with Gasteiger partial charge in [0.2, 0.25) is 0 Å². The molecule has 2 aromatic carbocycles. The maximum Gasteiger partial charge on any atom is 0.271 e. The molecule has 0 unspecified atom stereocenters. The van der Waals surface area contributed by atoms with Crippen molar-refractivity contribution in [3.05, 3.63) is 65.2 Å². The number of ether oxygens (including phenoxy) is 1. The van der Waals surface area contributed by atoms with Crippen LogP contribution in [0.25, 0.3) is 0 Å². The summed E-state index contributed by atoms with van der Waals surface area (Å²) in [5, 5.41) is 4.16. The standard InChI is InChI=1S/C18H20N2O2/c1-4-22-16-11-9-15(10-12-16)14(3)19-20-18(21)17-8-6-5-7-13(17)2/h5-12H,4H2,1-3H3,(H,20,21)/b19-14+. The third-order valence-electron chi connectivity index (χ3n) is 3.30. The number of nitrogens with zero attached hydrogens (tertiary/aromatic N) is 1. The summed E-state index contributed by atoms with van der Waals surface area (Å²) in [6, 6.07) is 15.0. The third kappa shape index (κ3) is 3.95. The van der Waals surface area contributed by atoms with Crippen molar-refractivity contribution in [2.45, 2.75) is 20.8 Å². The minimum atomic E-state index is -0.205. The zero-order chi connectivity index (χ0) is 15.9. The van der Waals surface area contributed by atoms with E-state index < -0.39 is 0 Å². The molecule has 2 rings (SSSR count). The van der Waals surface area contributed by atoms with Crippen LogP contribution in [0.2, 0.25) is 0 Å². The van der Waals surface area contributed by atoms with Crippen molar-refractivity contribution in [3.8, 4) is 5.75 Å². The van der Waals surface area contributed by atoms with E-state index >= 15 is 0 Å². The van der Waals surface area contributed by atoms with E-state index in [1.165, 1.54) is 0 Å². The Hall–Kier alpha value is -2.62. The number of hydrogen-bond acceptors (Lipinski definition) is 3. The average Bonchev–Trinajstić information content (AvgIpc) is 2.54. The first kappa shape index (κ1) is 15.8. The molecule has 0 bridgehead atoms. The topological polar surface area (TPSA) is 50.7 Å². The highest BCUT2D eigenvalue weighted by Crippen LogP contribution is 2.13. The van der Waals surface area contributed by atoms with Gasteiger partial charge in [0.05, 0.1) is 12.3 Å². The molecule has 0 spiro atoms. The molecule has 4 heteroatoms. The summed E-state index contributed by atoms with van der Waals surface area (Å²) >= 11 is 0. The van der Waals surface area contributed by atoms with Crippen molar-refractivity contribution in [1.82, 2.24) is 5.43 Å². The fourth-order valence-electron chi connectivity index (χ4n) is 2.05. The lowest BCUT2D eigenvalue weighted by Crippen LogP contribution is -2.20. The van der Waals surface area contributed by atoms with Crippen LogP contribution in [0.15, 0.2) is 53.6 Å². The van der Waals surface area contributed by atoms with E-state index in [4.69, 9.17) is 4.74 Å². The van der Waals surface area contributed by atoms with Gasteiger partial charge < -0.3 is 4.74 Å². The Kier molecular flexibility index (Phi) is 5.31. The van der Waals surface area contributed by atoms with Gasteiger partial charge in [0.1, 0.15) is 5.75 Å². The Morgan fingerprint density at radius 1 is 1.14 bits per heavy atom. The second-order valence-electron chi connectivity index (χ2n) is 4.91. The molecule has 2 aromatic rings. The van der Waals surface area contributed by atoms with Crippen LogP contribution < -0.4 is 10.2 Å². The predicted molar refractivity (Wildman–Crippen MR) is 88.5 cm³/mol. The molecule has 0 heterocycles. The van der Waals surface area contributed by atoms with Crippen LogP contribution in [-0.2, 0) is 0 Å². The van der Waals surface area contributed by atoms with Crippen molar-refractivity contribution < 1.29 is 9.53 Å². The normalized spacial score (nSPS) is 11.1. The SMILES string of the molecule is CCOc1ccc(/C(C)=N/NC(=O)c2ccccc2C)cc1. The van der Waals surface area contributed by atoms with Crippen LogP contribution in [0.4, 0.5) is 0 Å². The molecule has 0 aromatic heterocycles. The third-order valence-corrected chi connectivity index (χ3v) is 3.30. The van der Waals surface area contributed by atoms with Crippen LogP contribution >= 0.6 is 0 Å². The highest BCUT2D eigenvalue weighted by Gasteiger charge is 2.07. The second-order valence-corrected chi connectivity index (χ2v) is 4.91. The van der Waals surface area contributed by atoms with Gasteiger partial charge in [-0.3, -0.25) is 4.79 Å². The number of amides is 1. The van der Waals surface area contributed by atoms with Gasteiger partial charge in [-0.2, -0.15) is 5.10 Å². The number of benzene rings is 2. The molecule has 0 aliphatic heterocycles. The van der Waals surface area contributed by atoms with E-state index in [-0.39, 0.29) is 5.91 Å². The maximum atomic E-state index is 12.1. The van der Waals surface area contributed by atoms with Crippen LogP contribution in [-0.4, -0.2) is 18.2 Å². The minimum Gasteiger partial charge on any atom is -0.494 e. The van der Waals surface area contributed by atoms with Crippen molar-refractivity contribution in [2.75, 3.05) is 6.61 Å². The van der Waals surface area contributed by atoms with Gasteiger partial charge in [0, 0.05) is 5.56 Å². The van der Waals surface area contributed by atoms with Gasteiger partial charge in [-0.15, -0.1) is 0 Å². The number of carbonyl (C=O) groups excluding carboxylic acids is 1. The summed E-state index contributed by atoms with van der Waals surface area (Å²) < 4.78 is 5.40. The Balaban J connectivity index is 2.06. The number of aryl methyl sites for hydroxylation is 1. The smallest absolute Gasteiger partial charge is 0.271 e. The van der Waals surface area contributed by atoms with Crippen LogP contribution in [0.1, 0.15) is 35.3 Å². The average molecular weight is 296 g/mol. The van der Waals surface area contributed by atoms with E-state index in [0.29, 0.717) is 12.2 Å². The quantitative estimate of drug-likeness (QED) is 0.677. The van der Waals surface area contributed by atoms with Gasteiger partial charge in [0.15, 0.2) is 0 Å². The molecule has 0 atom stereocenters. The Labute approximate surface area is 130 Å². The highest BCUT2D eigenvalue weighted by molar-refractivity contribution is 6.01. The summed E-state index contributed by atoms with van der Waals surface area (Å²) in [6.45, 7) is 6.34. The van der Waals surface area contributed by atoms with Gasteiger partial charge in [-0.25, -0.2) is 5.43 Å². The molecule has 0 fully saturated rings. The Bertz CT molecular complexity index is 676. The van der Waals surface area contributed by atoms with Crippen molar-refractivity contribution in [2.24, 2.45) is 5.10 Å². The Morgan fingerprint density at radius 3 is 2.45 bits per heavy atom. The van der Waals surface area contributed by atoms with Crippen LogP contribution in [0.3, 0.4) is 0 Å². The van der Waals surface area contributed by atoms with Crippen LogP contribution in [0, 0.1) is 6.92 Å². The molecule has 4 nitrogen and oxygen atoms in total. The largest absolute Gasteiger partial charge is 0.494 e. The van der Waals surface area contributed by atoms with Gasteiger partial charge in [-0.05, 0) is 62.2 Å². The molecule has 22 heavy (non-hydrogen) atoms. The molecule has 1 N–H and O–H groups in total. The summed E-state index contributed by atoms with van der Waals surface area (Å²) in [5.74, 6) is 0.617. The number of nitrogens with one attached hydrogen (secondary N) is 1. The van der Waals surface area contributed by atoms with Crippen LogP contribution in [0.5, 0.6) is 5.75 Å². The van der Waals surface area contributed by atoms with E-state index in [1.807, 2.05) is 63.2 Å². The predicted octanol–water partition coefficient (Wildman–Crippen LogP) is 3.55. The van der Waals surface area contributed by atoms with Gasteiger partial charge >= 0.3 is 0 Å².